The fourth-order valence-electron chi connectivity index (χ4n) is 1.76. The number of hydrogen-bond donors (Lipinski definition) is 1. The summed E-state index contributed by atoms with van der Waals surface area (Å²) in [6, 6.07) is 0. The van der Waals surface area contributed by atoms with E-state index in [0.717, 1.165) is 25.0 Å². The number of unbranched alkanes of at least 4 members (excludes halogenated alkanes) is 1. The van der Waals surface area contributed by atoms with Crippen molar-refractivity contribution in [2.24, 2.45) is 11.8 Å². The highest BCUT2D eigenvalue weighted by Crippen LogP contribution is 2.18. The van der Waals surface area contributed by atoms with Gasteiger partial charge in [0.05, 0.1) is 0 Å². The molecule has 0 heterocycles. The Kier molecular flexibility index (Phi) is 8.04. The molecule has 0 rings (SSSR count). The zero-order valence-corrected chi connectivity index (χ0v) is 12.1. The van der Waals surface area contributed by atoms with Crippen LogP contribution in [0.3, 0.4) is 0 Å². The summed E-state index contributed by atoms with van der Waals surface area (Å²) in [5.41, 5.74) is 0.236. The number of hydrogen-bond acceptors (Lipinski definition) is 2. The van der Waals surface area contributed by atoms with Crippen LogP contribution in [0.15, 0.2) is 0 Å². The first kappa shape index (κ1) is 15.9. The number of rotatable bonds is 8. The molecule has 0 aromatic rings. The molecule has 2 nitrogen and oxygen atoms in total. The third-order valence-electron chi connectivity index (χ3n) is 3.01. The molecule has 0 aliphatic heterocycles. The molecular formula is C14H31NO. The lowest BCUT2D eigenvalue weighted by atomic mass is 9.90. The van der Waals surface area contributed by atoms with Crippen molar-refractivity contribution in [1.29, 1.82) is 0 Å². The molecule has 1 atom stereocenters. The van der Waals surface area contributed by atoms with Gasteiger partial charge in [0.15, 0.2) is 0 Å². The van der Waals surface area contributed by atoms with Gasteiger partial charge in [0.1, 0.15) is 0 Å². The van der Waals surface area contributed by atoms with Crippen molar-refractivity contribution < 1.29 is 4.74 Å². The second-order valence-corrected chi connectivity index (χ2v) is 6.12. The fraction of sp³-hybridized carbons (Fsp3) is 1.00. The molecule has 1 unspecified atom stereocenters. The van der Waals surface area contributed by atoms with Crippen molar-refractivity contribution in [3.63, 3.8) is 0 Å². The van der Waals surface area contributed by atoms with E-state index in [2.05, 4.69) is 39.9 Å². The molecule has 0 radical (unpaired) electrons. The average molecular weight is 229 g/mol. The topological polar surface area (TPSA) is 21.3 Å². The van der Waals surface area contributed by atoms with Gasteiger partial charge in [-0.15, -0.1) is 0 Å². The van der Waals surface area contributed by atoms with Crippen molar-refractivity contribution in [3.05, 3.63) is 0 Å². The normalized spacial score (nSPS) is 14.4. The number of methoxy groups -OCH3 is 1. The lowest BCUT2D eigenvalue weighted by molar-refractivity contribution is 0.187. The Bertz CT molecular complexity index is 161. The summed E-state index contributed by atoms with van der Waals surface area (Å²) in [5.74, 6) is 1.55. The van der Waals surface area contributed by atoms with E-state index < -0.39 is 0 Å². The van der Waals surface area contributed by atoms with Crippen molar-refractivity contribution in [2.75, 3.05) is 20.3 Å². The summed E-state index contributed by atoms with van der Waals surface area (Å²) in [7, 11) is 1.78. The van der Waals surface area contributed by atoms with Gasteiger partial charge in [-0.1, -0.05) is 20.3 Å². The molecule has 0 saturated heterocycles. The Balaban J connectivity index is 3.80. The highest BCUT2D eigenvalue weighted by atomic mass is 16.5. The Morgan fingerprint density at radius 2 is 1.75 bits per heavy atom. The van der Waals surface area contributed by atoms with Gasteiger partial charge in [0.25, 0.3) is 0 Å². The van der Waals surface area contributed by atoms with Gasteiger partial charge in [-0.2, -0.15) is 0 Å². The predicted molar refractivity (Wildman–Crippen MR) is 71.8 cm³/mol. The van der Waals surface area contributed by atoms with E-state index in [1.807, 2.05) is 0 Å². The van der Waals surface area contributed by atoms with Gasteiger partial charge >= 0.3 is 0 Å². The molecule has 2 heteroatoms. The van der Waals surface area contributed by atoms with Gasteiger partial charge in [0.2, 0.25) is 0 Å². The van der Waals surface area contributed by atoms with E-state index in [-0.39, 0.29) is 5.54 Å². The van der Waals surface area contributed by atoms with Crippen LogP contribution in [-0.2, 0) is 4.74 Å². The standard InChI is InChI=1S/C14H31NO/c1-12(2)13(9-7-8-10-16-6)11-15-14(3,4)5/h12-13,15H,7-11H2,1-6H3. The summed E-state index contributed by atoms with van der Waals surface area (Å²) in [4.78, 5) is 0. The van der Waals surface area contributed by atoms with Crippen LogP contribution in [0.2, 0.25) is 0 Å². The van der Waals surface area contributed by atoms with E-state index >= 15 is 0 Å². The predicted octanol–water partition coefficient (Wildman–Crippen LogP) is 3.46. The summed E-state index contributed by atoms with van der Waals surface area (Å²) >= 11 is 0. The molecule has 0 aliphatic carbocycles. The SMILES string of the molecule is COCCCCC(CNC(C)(C)C)C(C)C. The lowest BCUT2D eigenvalue weighted by Gasteiger charge is -2.27. The lowest BCUT2D eigenvalue weighted by Crippen LogP contribution is -2.40. The highest BCUT2D eigenvalue weighted by Gasteiger charge is 2.16. The average Bonchev–Trinajstić information content (AvgIpc) is 2.14. The van der Waals surface area contributed by atoms with Crippen LogP contribution in [0.5, 0.6) is 0 Å². The first-order valence-corrected chi connectivity index (χ1v) is 6.61. The molecule has 0 saturated carbocycles. The van der Waals surface area contributed by atoms with Gasteiger partial charge in [-0.3, -0.25) is 0 Å². The van der Waals surface area contributed by atoms with Crippen molar-refractivity contribution in [3.8, 4) is 0 Å². The van der Waals surface area contributed by atoms with Gasteiger partial charge in [-0.25, -0.2) is 0 Å². The largest absolute Gasteiger partial charge is 0.385 e. The maximum absolute atomic E-state index is 5.08. The van der Waals surface area contributed by atoms with Crippen molar-refractivity contribution in [1.82, 2.24) is 5.32 Å². The number of ether oxygens (including phenoxy) is 1. The second kappa shape index (κ2) is 8.08. The molecule has 0 spiro atoms. The molecule has 0 bridgehead atoms. The van der Waals surface area contributed by atoms with Crippen LogP contribution < -0.4 is 5.32 Å². The van der Waals surface area contributed by atoms with Gasteiger partial charge in [-0.05, 0) is 52.0 Å². The summed E-state index contributed by atoms with van der Waals surface area (Å²) in [5, 5.41) is 3.61. The van der Waals surface area contributed by atoms with Crippen molar-refractivity contribution >= 4 is 0 Å². The second-order valence-electron chi connectivity index (χ2n) is 6.12. The van der Waals surface area contributed by atoms with Crippen molar-refractivity contribution in [2.45, 2.75) is 59.4 Å². The third-order valence-corrected chi connectivity index (χ3v) is 3.01. The zero-order chi connectivity index (χ0) is 12.6. The highest BCUT2D eigenvalue weighted by molar-refractivity contribution is 4.74. The van der Waals surface area contributed by atoms with E-state index in [9.17, 15) is 0 Å². The van der Waals surface area contributed by atoms with Gasteiger partial charge < -0.3 is 10.1 Å². The summed E-state index contributed by atoms with van der Waals surface area (Å²) < 4.78 is 5.08. The quantitative estimate of drug-likeness (QED) is 0.644. The first-order chi connectivity index (χ1) is 7.37. The van der Waals surface area contributed by atoms with Crippen LogP contribution in [0, 0.1) is 11.8 Å². The molecule has 0 amide bonds. The van der Waals surface area contributed by atoms with Crippen LogP contribution in [0.1, 0.15) is 53.9 Å². The Morgan fingerprint density at radius 1 is 1.12 bits per heavy atom. The minimum absolute atomic E-state index is 0.236. The molecule has 0 aromatic heterocycles. The molecule has 16 heavy (non-hydrogen) atoms. The smallest absolute Gasteiger partial charge is 0.0462 e. The molecule has 0 aromatic carbocycles. The molecular weight excluding hydrogens is 198 g/mol. The minimum atomic E-state index is 0.236. The van der Waals surface area contributed by atoms with E-state index in [0.29, 0.717) is 0 Å². The Morgan fingerprint density at radius 3 is 2.19 bits per heavy atom. The zero-order valence-electron chi connectivity index (χ0n) is 12.1. The fourth-order valence-corrected chi connectivity index (χ4v) is 1.76. The number of nitrogens with one attached hydrogen (secondary N) is 1. The Labute approximate surface area is 102 Å². The summed E-state index contributed by atoms with van der Waals surface area (Å²) in [6.45, 7) is 13.4. The monoisotopic (exact) mass is 229 g/mol. The summed E-state index contributed by atoms with van der Waals surface area (Å²) in [6.07, 6.45) is 3.78. The van der Waals surface area contributed by atoms with Crippen LogP contribution in [-0.4, -0.2) is 25.8 Å². The minimum Gasteiger partial charge on any atom is -0.385 e. The Hall–Kier alpha value is -0.0800. The maximum atomic E-state index is 5.08. The third kappa shape index (κ3) is 9.17. The van der Waals surface area contributed by atoms with E-state index in [1.165, 1.54) is 19.3 Å². The molecule has 1 N–H and O–H groups in total. The van der Waals surface area contributed by atoms with Gasteiger partial charge in [0, 0.05) is 19.3 Å². The van der Waals surface area contributed by atoms with Crippen LogP contribution in [0.25, 0.3) is 0 Å². The molecule has 0 fully saturated rings. The molecule has 0 aliphatic rings. The van der Waals surface area contributed by atoms with E-state index in [1.54, 1.807) is 7.11 Å². The van der Waals surface area contributed by atoms with Crippen LogP contribution >= 0.6 is 0 Å². The van der Waals surface area contributed by atoms with E-state index in [4.69, 9.17) is 4.74 Å². The maximum Gasteiger partial charge on any atom is 0.0462 e. The molecule has 98 valence electrons. The van der Waals surface area contributed by atoms with Crippen LogP contribution in [0.4, 0.5) is 0 Å². The first-order valence-electron chi connectivity index (χ1n) is 6.61.